The topological polar surface area (TPSA) is 52.7 Å². The Morgan fingerprint density at radius 3 is 3.00 bits per heavy atom. The van der Waals surface area contributed by atoms with Crippen molar-refractivity contribution in [3.63, 3.8) is 0 Å². The Bertz CT molecular complexity index is 352. The Morgan fingerprint density at radius 1 is 1.53 bits per heavy atom. The van der Waals surface area contributed by atoms with Crippen LogP contribution in [0.2, 0.25) is 0 Å². The van der Waals surface area contributed by atoms with E-state index in [9.17, 15) is 9.59 Å². The van der Waals surface area contributed by atoms with Gasteiger partial charge in [0.25, 0.3) is 0 Å². The molecule has 2 unspecified atom stereocenters. The lowest BCUT2D eigenvalue weighted by atomic mass is 10.2. The molecule has 2 heterocycles. The molecule has 0 aromatic rings. The number of hydrogen-bond acceptors (Lipinski definition) is 3. The predicted molar refractivity (Wildman–Crippen MR) is 64.4 cm³/mol. The van der Waals surface area contributed by atoms with Gasteiger partial charge in [0.05, 0.1) is 6.04 Å². The maximum absolute atomic E-state index is 12.0. The molecule has 2 aliphatic rings. The van der Waals surface area contributed by atoms with Gasteiger partial charge < -0.3 is 15.1 Å². The molecule has 2 saturated heterocycles. The first-order chi connectivity index (χ1) is 8.09. The molecule has 0 radical (unpaired) electrons. The maximum Gasteiger partial charge on any atom is 0.247 e. The van der Waals surface area contributed by atoms with Crippen LogP contribution in [0.5, 0.6) is 0 Å². The molecule has 2 fully saturated rings. The highest BCUT2D eigenvalue weighted by Crippen LogP contribution is 2.27. The van der Waals surface area contributed by atoms with E-state index < -0.39 is 0 Å². The molecule has 2 bridgehead atoms. The lowest BCUT2D eigenvalue weighted by Crippen LogP contribution is -2.57. The zero-order chi connectivity index (χ0) is 12.4. The summed E-state index contributed by atoms with van der Waals surface area (Å²) in [6.45, 7) is 1.34. The van der Waals surface area contributed by atoms with Crippen LogP contribution in [0.3, 0.4) is 0 Å². The van der Waals surface area contributed by atoms with Crippen molar-refractivity contribution >= 4 is 11.8 Å². The number of nitrogens with zero attached hydrogens (tertiary/aromatic N) is 2. The number of amides is 2. The summed E-state index contributed by atoms with van der Waals surface area (Å²) < 4.78 is 0. The van der Waals surface area contributed by atoms with Crippen molar-refractivity contribution < 1.29 is 9.59 Å². The van der Waals surface area contributed by atoms with E-state index in [1.54, 1.807) is 11.0 Å². The smallest absolute Gasteiger partial charge is 0.247 e. The Kier molecular flexibility index (Phi) is 3.47. The second-order valence-electron chi connectivity index (χ2n) is 4.90. The van der Waals surface area contributed by atoms with Crippen molar-refractivity contribution in [2.24, 2.45) is 0 Å². The van der Waals surface area contributed by atoms with Crippen molar-refractivity contribution in [1.29, 1.82) is 0 Å². The minimum Gasteiger partial charge on any atom is -0.352 e. The van der Waals surface area contributed by atoms with Crippen molar-refractivity contribution in [3.05, 3.63) is 12.2 Å². The SMILES string of the molecule is CN(C)C/C=C/C(=O)N1C2CCC1C(=O)NC2. The summed E-state index contributed by atoms with van der Waals surface area (Å²) in [4.78, 5) is 27.4. The lowest BCUT2D eigenvalue weighted by molar-refractivity contribution is -0.139. The van der Waals surface area contributed by atoms with Crippen LogP contribution >= 0.6 is 0 Å². The summed E-state index contributed by atoms with van der Waals surface area (Å²) in [5.41, 5.74) is 0. The number of carbonyl (C=O) groups is 2. The molecular formula is C12H19N3O2. The molecule has 2 rings (SSSR count). The standard InChI is InChI=1S/C12H19N3O2/c1-14(2)7-3-4-11(16)15-9-5-6-10(15)12(17)13-8-9/h3-4,9-10H,5-8H2,1-2H3,(H,13,17)/b4-3+. The molecule has 5 nitrogen and oxygen atoms in total. The van der Waals surface area contributed by atoms with Crippen molar-refractivity contribution in [2.45, 2.75) is 24.9 Å². The van der Waals surface area contributed by atoms with Gasteiger partial charge in [-0.3, -0.25) is 9.59 Å². The third-order valence-corrected chi connectivity index (χ3v) is 3.30. The number of carbonyl (C=O) groups excluding carboxylic acids is 2. The van der Waals surface area contributed by atoms with Gasteiger partial charge in [-0.05, 0) is 26.9 Å². The Labute approximate surface area is 101 Å². The fourth-order valence-electron chi connectivity index (χ4n) is 2.46. The van der Waals surface area contributed by atoms with Gasteiger partial charge in [0.2, 0.25) is 11.8 Å². The van der Waals surface area contributed by atoms with E-state index in [2.05, 4.69) is 5.32 Å². The zero-order valence-corrected chi connectivity index (χ0v) is 10.3. The van der Waals surface area contributed by atoms with Crippen LogP contribution < -0.4 is 5.32 Å². The van der Waals surface area contributed by atoms with Gasteiger partial charge in [0, 0.05) is 19.2 Å². The molecule has 17 heavy (non-hydrogen) atoms. The van der Waals surface area contributed by atoms with E-state index in [4.69, 9.17) is 0 Å². The maximum atomic E-state index is 12.0. The molecule has 5 heteroatoms. The summed E-state index contributed by atoms with van der Waals surface area (Å²) in [6.07, 6.45) is 5.15. The van der Waals surface area contributed by atoms with E-state index in [1.165, 1.54) is 0 Å². The molecule has 0 aromatic heterocycles. The third kappa shape index (κ3) is 2.49. The number of nitrogens with one attached hydrogen (secondary N) is 1. The highest BCUT2D eigenvalue weighted by Gasteiger charge is 2.43. The highest BCUT2D eigenvalue weighted by atomic mass is 16.2. The molecule has 2 amide bonds. The number of piperazine rings is 1. The van der Waals surface area contributed by atoms with Crippen LogP contribution in [0.1, 0.15) is 12.8 Å². The van der Waals surface area contributed by atoms with Gasteiger partial charge in [0.1, 0.15) is 6.04 Å². The summed E-state index contributed by atoms with van der Waals surface area (Å²) in [6, 6.07) is -0.0561. The van der Waals surface area contributed by atoms with Crippen LogP contribution in [0.15, 0.2) is 12.2 Å². The number of hydrogen-bond donors (Lipinski definition) is 1. The second-order valence-corrected chi connectivity index (χ2v) is 4.90. The molecule has 0 spiro atoms. The quantitative estimate of drug-likeness (QED) is 0.679. The first kappa shape index (κ1) is 12.1. The Balaban J connectivity index is 2.00. The van der Waals surface area contributed by atoms with Crippen LogP contribution in [-0.2, 0) is 9.59 Å². The average molecular weight is 237 g/mol. The zero-order valence-electron chi connectivity index (χ0n) is 10.3. The van der Waals surface area contributed by atoms with Gasteiger partial charge in [-0.15, -0.1) is 0 Å². The molecule has 2 atom stereocenters. The first-order valence-electron chi connectivity index (χ1n) is 6.01. The highest BCUT2D eigenvalue weighted by molar-refractivity contribution is 5.94. The number of fused-ring (bicyclic) bond motifs is 2. The molecule has 94 valence electrons. The number of likely N-dealkylation sites (N-methyl/N-ethyl adjacent to an activating group) is 1. The summed E-state index contributed by atoms with van der Waals surface area (Å²) in [7, 11) is 3.90. The van der Waals surface area contributed by atoms with Crippen LogP contribution in [0.4, 0.5) is 0 Å². The Morgan fingerprint density at radius 2 is 2.29 bits per heavy atom. The molecule has 0 aromatic carbocycles. The normalized spacial score (nSPS) is 27.9. The minimum absolute atomic E-state index is 0.00638. The third-order valence-electron chi connectivity index (χ3n) is 3.30. The molecule has 2 aliphatic heterocycles. The van der Waals surface area contributed by atoms with Gasteiger partial charge in [0.15, 0.2) is 0 Å². The van der Waals surface area contributed by atoms with E-state index in [0.717, 1.165) is 19.4 Å². The summed E-state index contributed by atoms with van der Waals surface area (Å²) in [5.74, 6) is -0.0395. The minimum atomic E-state index is -0.245. The summed E-state index contributed by atoms with van der Waals surface area (Å²) >= 11 is 0. The average Bonchev–Trinajstić information content (AvgIpc) is 2.60. The van der Waals surface area contributed by atoms with Crippen LogP contribution in [0, 0.1) is 0 Å². The van der Waals surface area contributed by atoms with Crippen molar-refractivity contribution in [1.82, 2.24) is 15.1 Å². The predicted octanol–water partition coefficient (Wildman–Crippen LogP) is -0.406. The molecular weight excluding hydrogens is 218 g/mol. The lowest BCUT2D eigenvalue weighted by Gasteiger charge is -2.33. The fourth-order valence-corrected chi connectivity index (χ4v) is 2.46. The second kappa shape index (κ2) is 4.87. The Hall–Kier alpha value is -1.36. The van der Waals surface area contributed by atoms with Crippen molar-refractivity contribution in [2.75, 3.05) is 27.2 Å². The molecule has 1 N–H and O–H groups in total. The molecule has 0 saturated carbocycles. The monoisotopic (exact) mass is 237 g/mol. The van der Waals surface area contributed by atoms with E-state index in [1.807, 2.05) is 25.1 Å². The van der Waals surface area contributed by atoms with Gasteiger partial charge >= 0.3 is 0 Å². The van der Waals surface area contributed by atoms with Crippen molar-refractivity contribution in [3.8, 4) is 0 Å². The van der Waals surface area contributed by atoms with Crippen LogP contribution in [-0.4, -0.2) is 60.9 Å². The van der Waals surface area contributed by atoms with E-state index >= 15 is 0 Å². The fraction of sp³-hybridized carbons (Fsp3) is 0.667. The summed E-state index contributed by atoms with van der Waals surface area (Å²) in [5, 5.41) is 2.84. The largest absolute Gasteiger partial charge is 0.352 e. The van der Waals surface area contributed by atoms with E-state index in [-0.39, 0.29) is 23.9 Å². The number of rotatable bonds is 3. The van der Waals surface area contributed by atoms with E-state index in [0.29, 0.717) is 6.54 Å². The van der Waals surface area contributed by atoms with Gasteiger partial charge in [-0.25, -0.2) is 0 Å². The molecule has 0 aliphatic carbocycles. The van der Waals surface area contributed by atoms with Gasteiger partial charge in [-0.1, -0.05) is 6.08 Å². The first-order valence-corrected chi connectivity index (χ1v) is 6.01. The van der Waals surface area contributed by atoms with Gasteiger partial charge in [-0.2, -0.15) is 0 Å². The van der Waals surface area contributed by atoms with Crippen LogP contribution in [0.25, 0.3) is 0 Å².